The number of thioether (sulfide) groups is 1. The molecular formula is C21H39NO3S. The summed E-state index contributed by atoms with van der Waals surface area (Å²) in [6.07, 6.45) is 8.17. The van der Waals surface area contributed by atoms with Gasteiger partial charge in [-0.1, -0.05) is 39.2 Å². The molecule has 2 fully saturated rings. The molecule has 7 unspecified atom stereocenters. The van der Waals surface area contributed by atoms with Gasteiger partial charge in [-0.25, -0.2) is 0 Å². The van der Waals surface area contributed by atoms with Crippen molar-refractivity contribution in [2.75, 3.05) is 5.75 Å². The molecule has 4 nitrogen and oxygen atoms in total. The Morgan fingerprint density at radius 3 is 2.62 bits per heavy atom. The molecule has 0 saturated carbocycles. The molecule has 7 atom stereocenters. The number of hydrogen-bond acceptors (Lipinski definition) is 5. The molecule has 26 heavy (non-hydrogen) atoms. The zero-order chi connectivity index (χ0) is 19.1. The first-order valence-corrected chi connectivity index (χ1v) is 11.5. The lowest BCUT2D eigenvalue weighted by Crippen LogP contribution is -2.36. The van der Waals surface area contributed by atoms with Crippen LogP contribution in [0.3, 0.4) is 0 Å². The highest BCUT2D eigenvalue weighted by Gasteiger charge is 2.47. The van der Waals surface area contributed by atoms with Crippen LogP contribution in [-0.2, 0) is 0 Å². The van der Waals surface area contributed by atoms with Gasteiger partial charge in [-0.3, -0.25) is 5.32 Å². The molecule has 2 heterocycles. The van der Waals surface area contributed by atoms with E-state index in [-0.39, 0.29) is 18.4 Å². The molecule has 2 saturated heterocycles. The second kappa shape index (κ2) is 11.1. The van der Waals surface area contributed by atoms with Gasteiger partial charge in [0.05, 0.1) is 12.2 Å². The van der Waals surface area contributed by atoms with Gasteiger partial charge in [-0.15, -0.1) is 0 Å². The third-order valence-electron chi connectivity index (χ3n) is 6.21. The average molecular weight is 386 g/mol. The Balaban J connectivity index is 1.53. The maximum atomic E-state index is 10.3. The Morgan fingerprint density at radius 1 is 1.15 bits per heavy atom. The van der Waals surface area contributed by atoms with Gasteiger partial charge in [-0.2, -0.15) is 11.8 Å². The zero-order valence-corrected chi connectivity index (χ0v) is 17.4. The van der Waals surface area contributed by atoms with Crippen molar-refractivity contribution in [3.05, 3.63) is 12.2 Å². The molecule has 2 aliphatic heterocycles. The van der Waals surface area contributed by atoms with Gasteiger partial charge in [0.25, 0.3) is 0 Å². The second-order valence-electron chi connectivity index (χ2n) is 8.44. The summed E-state index contributed by atoms with van der Waals surface area (Å²) in [5.41, 5.74) is 0.965. The molecule has 0 spiro atoms. The highest BCUT2D eigenvalue weighted by molar-refractivity contribution is 8.00. The first kappa shape index (κ1) is 22.2. The Morgan fingerprint density at radius 2 is 1.88 bits per heavy atom. The molecule has 2 rings (SSSR count). The molecule has 152 valence electrons. The maximum Gasteiger partial charge on any atom is 0.108 e. The van der Waals surface area contributed by atoms with Crippen LogP contribution in [0.1, 0.15) is 71.6 Å². The fourth-order valence-corrected chi connectivity index (χ4v) is 6.10. The van der Waals surface area contributed by atoms with Gasteiger partial charge in [0.1, 0.15) is 6.23 Å². The molecule has 0 radical (unpaired) electrons. The van der Waals surface area contributed by atoms with Crippen molar-refractivity contribution >= 4 is 11.8 Å². The van der Waals surface area contributed by atoms with Crippen LogP contribution >= 0.6 is 11.8 Å². The van der Waals surface area contributed by atoms with Crippen LogP contribution in [0.25, 0.3) is 0 Å². The minimum Gasteiger partial charge on any atom is -0.393 e. The van der Waals surface area contributed by atoms with E-state index in [1.807, 2.05) is 6.92 Å². The second-order valence-corrected chi connectivity index (χ2v) is 9.71. The number of rotatable bonds is 12. The van der Waals surface area contributed by atoms with Crippen LogP contribution in [0, 0.1) is 11.8 Å². The van der Waals surface area contributed by atoms with E-state index in [0.717, 1.165) is 69.1 Å². The largest absolute Gasteiger partial charge is 0.393 e. The SMILES string of the molecule is C=C(CCCCCC(C)O)C(O)CCCCC1SCC2C(C)C(O)NC12. The summed E-state index contributed by atoms with van der Waals surface area (Å²) in [5, 5.41) is 33.5. The van der Waals surface area contributed by atoms with E-state index in [9.17, 15) is 15.3 Å². The van der Waals surface area contributed by atoms with E-state index in [1.54, 1.807) is 0 Å². The van der Waals surface area contributed by atoms with Gasteiger partial charge in [0.15, 0.2) is 0 Å². The minimum atomic E-state index is -0.373. The number of hydrogen-bond donors (Lipinski definition) is 4. The Hall–Kier alpha value is -0.0700. The predicted octanol–water partition coefficient (Wildman–Crippen LogP) is 3.45. The number of aliphatic hydroxyl groups is 3. The summed E-state index contributed by atoms with van der Waals surface area (Å²) in [5.74, 6) is 2.14. The third-order valence-corrected chi connectivity index (χ3v) is 7.74. The minimum absolute atomic E-state index is 0.206. The van der Waals surface area contributed by atoms with E-state index >= 15 is 0 Å². The molecular weight excluding hydrogens is 346 g/mol. The van der Waals surface area contributed by atoms with E-state index in [0.29, 0.717) is 23.1 Å². The normalized spacial score (nSPS) is 33.2. The smallest absolute Gasteiger partial charge is 0.108 e. The molecule has 5 heteroatoms. The first-order valence-electron chi connectivity index (χ1n) is 10.5. The van der Waals surface area contributed by atoms with Gasteiger partial charge in [-0.05, 0) is 56.3 Å². The number of unbranched alkanes of at least 4 members (excludes halogenated alkanes) is 3. The number of aliphatic hydroxyl groups excluding tert-OH is 3. The fraction of sp³-hybridized carbons (Fsp3) is 0.905. The molecule has 2 aliphatic rings. The maximum absolute atomic E-state index is 10.3. The molecule has 0 aromatic heterocycles. The Bertz CT molecular complexity index is 431. The van der Waals surface area contributed by atoms with Crippen molar-refractivity contribution in [2.45, 2.75) is 101 Å². The molecule has 0 aromatic rings. The van der Waals surface area contributed by atoms with Crippen LogP contribution in [0.5, 0.6) is 0 Å². The summed E-state index contributed by atoms with van der Waals surface area (Å²) in [6.45, 7) is 8.04. The van der Waals surface area contributed by atoms with Gasteiger partial charge >= 0.3 is 0 Å². The molecule has 0 aliphatic carbocycles. The lowest BCUT2D eigenvalue weighted by atomic mass is 9.90. The summed E-state index contributed by atoms with van der Waals surface area (Å²) < 4.78 is 0. The van der Waals surface area contributed by atoms with Crippen molar-refractivity contribution in [1.82, 2.24) is 5.32 Å². The summed E-state index contributed by atoms with van der Waals surface area (Å²) in [7, 11) is 0. The van der Waals surface area contributed by atoms with E-state index in [2.05, 4.69) is 30.6 Å². The van der Waals surface area contributed by atoms with Crippen molar-refractivity contribution in [1.29, 1.82) is 0 Å². The first-order chi connectivity index (χ1) is 12.4. The van der Waals surface area contributed by atoms with Crippen LogP contribution in [0.2, 0.25) is 0 Å². The van der Waals surface area contributed by atoms with Crippen LogP contribution in [0.15, 0.2) is 12.2 Å². The Labute approximate surface area is 163 Å². The quantitative estimate of drug-likeness (QED) is 0.306. The summed E-state index contributed by atoms with van der Waals surface area (Å²) in [4.78, 5) is 0. The van der Waals surface area contributed by atoms with Crippen molar-refractivity contribution in [3.63, 3.8) is 0 Å². The Kier molecular flexibility index (Phi) is 9.45. The zero-order valence-electron chi connectivity index (χ0n) is 16.6. The lowest BCUT2D eigenvalue weighted by Gasteiger charge is -2.19. The fourth-order valence-electron chi connectivity index (χ4n) is 4.30. The molecule has 4 N–H and O–H groups in total. The van der Waals surface area contributed by atoms with E-state index < -0.39 is 0 Å². The molecule has 0 amide bonds. The average Bonchev–Trinajstić information content (AvgIpc) is 3.11. The van der Waals surface area contributed by atoms with Crippen LogP contribution < -0.4 is 5.32 Å². The van der Waals surface area contributed by atoms with Crippen molar-refractivity contribution in [3.8, 4) is 0 Å². The summed E-state index contributed by atoms with van der Waals surface area (Å²) in [6, 6.07) is 0.464. The predicted molar refractivity (Wildman–Crippen MR) is 110 cm³/mol. The van der Waals surface area contributed by atoms with E-state index in [4.69, 9.17) is 0 Å². The number of fused-ring (bicyclic) bond motifs is 1. The highest BCUT2D eigenvalue weighted by atomic mass is 32.2. The van der Waals surface area contributed by atoms with Crippen molar-refractivity contribution < 1.29 is 15.3 Å². The molecule has 0 bridgehead atoms. The van der Waals surface area contributed by atoms with Crippen LogP contribution in [0.4, 0.5) is 0 Å². The highest BCUT2D eigenvalue weighted by Crippen LogP contribution is 2.43. The molecule has 0 aromatic carbocycles. The van der Waals surface area contributed by atoms with Gasteiger partial charge in [0, 0.05) is 17.2 Å². The number of nitrogens with one attached hydrogen (secondary N) is 1. The lowest BCUT2D eigenvalue weighted by molar-refractivity contribution is 0.110. The summed E-state index contributed by atoms with van der Waals surface area (Å²) >= 11 is 2.05. The van der Waals surface area contributed by atoms with Crippen LogP contribution in [-0.4, -0.2) is 50.8 Å². The van der Waals surface area contributed by atoms with Crippen molar-refractivity contribution in [2.24, 2.45) is 11.8 Å². The van der Waals surface area contributed by atoms with Gasteiger partial charge < -0.3 is 15.3 Å². The third kappa shape index (κ3) is 6.52. The van der Waals surface area contributed by atoms with E-state index in [1.165, 1.54) is 0 Å². The standard InChI is InChI=1S/C21H39NO3S/c1-14(9-5-4-6-10-15(2)23)18(24)11-7-8-12-19-20-17(13-26-19)16(3)21(25)22-20/h15-25H,1,4-13H2,2-3H3. The monoisotopic (exact) mass is 385 g/mol. The topological polar surface area (TPSA) is 72.7 Å². The van der Waals surface area contributed by atoms with Gasteiger partial charge in [0.2, 0.25) is 0 Å².